The molecule has 0 aromatic heterocycles. The summed E-state index contributed by atoms with van der Waals surface area (Å²) in [6.45, 7) is -0.261. The number of halogens is 2. The summed E-state index contributed by atoms with van der Waals surface area (Å²) in [7, 11) is 1.57. The van der Waals surface area contributed by atoms with Gasteiger partial charge in [-0.15, -0.1) is 0 Å². The van der Waals surface area contributed by atoms with Crippen LogP contribution in [0.15, 0.2) is 48.5 Å². The summed E-state index contributed by atoms with van der Waals surface area (Å²) < 4.78 is 0. The molecule has 0 bridgehead atoms. The van der Waals surface area contributed by atoms with Crippen LogP contribution in [0.4, 0.5) is 0 Å². The SMILES string of the molecule is CNC(=O)c1cc2ccc(Cl)cc2c(-c2ccc(Cl)cc2)c1CO. The maximum atomic E-state index is 12.3. The van der Waals surface area contributed by atoms with Crippen molar-refractivity contribution in [1.82, 2.24) is 5.32 Å². The minimum Gasteiger partial charge on any atom is -0.392 e. The van der Waals surface area contributed by atoms with Crippen LogP contribution in [0.1, 0.15) is 15.9 Å². The number of aliphatic hydroxyl groups is 1. The van der Waals surface area contributed by atoms with Gasteiger partial charge in [-0.1, -0.05) is 41.4 Å². The summed E-state index contributed by atoms with van der Waals surface area (Å²) in [6.07, 6.45) is 0. The van der Waals surface area contributed by atoms with E-state index >= 15 is 0 Å². The Morgan fingerprint density at radius 2 is 1.71 bits per heavy atom. The molecule has 2 N–H and O–H groups in total. The molecule has 0 spiro atoms. The molecular formula is C19H15Cl2NO2. The lowest BCUT2D eigenvalue weighted by molar-refractivity contribution is 0.0960. The normalized spacial score (nSPS) is 10.8. The average molecular weight is 360 g/mol. The van der Waals surface area contributed by atoms with Crippen LogP contribution in [0.25, 0.3) is 21.9 Å². The number of amides is 1. The van der Waals surface area contributed by atoms with Gasteiger partial charge in [0.05, 0.1) is 6.61 Å². The number of hydrogen-bond acceptors (Lipinski definition) is 2. The van der Waals surface area contributed by atoms with Crippen molar-refractivity contribution in [3.63, 3.8) is 0 Å². The number of benzene rings is 3. The number of hydrogen-bond donors (Lipinski definition) is 2. The molecule has 1 amide bonds. The number of nitrogens with one attached hydrogen (secondary N) is 1. The summed E-state index contributed by atoms with van der Waals surface area (Å²) >= 11 is 12.2. The Labute approximate surface area is 149 Å². The monoisotopic (exact) mass is 359 g/mol. The Morgan fingerprint density at radius 1 is 1.04 bits per heavy atom. The van der Waals surface area contributed by atoms with Crippen LogP contribution in [0.2, 0.25) is 10.0 Å². The fraction of sp³-hybridized carbons (Fsp3) is 0.105. The van der Waals surface area contributed by atoms with Crippen LogP contribution < -0.4 is 5.32 Å². The highest BCUT2D eigenvalue weighted by Crippen LogP contribution is 2.36. The fourth-order valence-electron chi connectivity index (χ4n) is 2.86. The third-order valence-electron chi connectivity index (χ3n) is 3.97. The molecule has 122 valence electrons. The van der Waals surface area contributed by atoms with Crippen molar-refractivity contribution < 1.29 is 9.90 Å². The lowest BCUT2D eigenvalue weighted by atomic mass is 9.89. The number of rotatable bonds is 3. The molecule has 0 aliphatic carbocycles. The number of aliphatic hydroxyl groups excluding tert-OH is 1. The Balaban J connectivity index is 2.43. The zero-order chi connectivity index (χ0) is 17.3. The predicted octanol–water partition coefficient (Wildman–Crippen LogP) is 4.67. The summed E-state index contributed by atoms with van der Waals surface area (Å²) in [5.41, 5.74) is 2.65. The fourth-order valence-corrected chi connectivity index (χ4v) is 3.16. The first-order chi connectivity index (χ1) is 11.5. The molecule has 3 aromatic carbocycles. The van der Waals surface area contributed by atoms with Gasteiger partial charge in [-0.3, -0.25) is 4.79 Å². The molecule has 0 heterocycles. The Bertz CT molecular complexity index is 921. The first-order valence-electron chi connectivity index (χ1n) is 7.39. The highest BCUT2D eigenvalue weighted by molar-refractivity contribution is 6.31. The number of carbonyl (C=O) groups excluding carboxylic acids is 1. The number of fused-ring (bicyclic) bond motifs is 1. The Morgan fingerprint density at radius 3 is 2.33 bits per heavy atom. The van der Waals surface area contributed by atoms with Gasteiger partial charge in [-0.2, -0.15) is 0 Å². The molecule has 0 aliphatic rings. The molecule has 0 radical (unpaired) electrons. The molecular weight excluding hydrogens is 345 g/mol. The average Bonchev–Trinajstić information content (AvgIpc) is 2.60. The van der Waals surface area contributed by atoms with Crippen molar-refractivity contribution in [2.75, 3.05) is 7.05 Å². The van der Waals surface area contributed by atoms with Crippen LogP contribution in [-0.4, -0.2) is 18.1 Å². The largest absolute Gasteiger partial charge is 0.392 e. The second kappa shape index (κ2) is 6.81. The smallest absolute Gasteiger partial charge is 0.251 e. The van der Waals surface area contributed by atoms with Crippen LogP contribution in [0.3, 0.4) is 0 Å². The van der Waals surface area contributed by atoms with E-state index in [0.29, 0.717) is 21.2 Å². The van der Waals surface area contributed by atoms with Gasteiger partial charge in [-0.05, 0) is 57.8 Å². The highest BCUT2D eigenvalue weighted by atomic mass is 35.5. The van der Waals surface area contributed by atoms with Crippen molar-refractivity contribution in [3.05, 3.63) is 69.7 Å². The molecule has 3 nitrogen and oxygen atoms in total. The molecule has 0 atom stereocenters. The van der Waals surface area contributed by atoms with E-state index in [9.17, 15) is 9.90 Å². The third kappa shape index (κ3) is 2.98. The van der Waals surface area contributed by atoms with Gasteiger partial charge in [0.25, 0.3) is 5.91 Å². The van der Waals surface area contributed by atoms with Gasteiger partial charge in [0, 0.05) is 22.7 Å². The Kier molecular flexibility index (Phi) is 4.76. The van der Waals surface area contributed by atoms with Gasteiger partial charge < -0.3 is 10.4 Å². The molecule has 0 aliphatic heterocycles. The van der Waals surface area contributed by atoms with Gasteiger partial charge in [0.15, 0.2) is 0 Å². The van der Waals surface area contributed by atoms with Crippen LogP contribution in [-0.2, 0) is 6.61 Å². The van der Waals surface area contributed by atoms with Crippen LogP contribution in [0, 0.1) is 0 Å². The van der Waals surface area contributed by atoms with Crippen molar-refractivity contribution in [2.24, 2.45) is 0 Å². The third-order valence-corrected chi connectivity index (χ3v) is 4.46. The lowest BCUT2D eigenvalue weighted by Crippen LogP contribution is -2.20. The Hall–Kier alpha value is -2.07. The highest BCUT2D eigenvalue weighted by Gasteiger charge is 2.18. The first-order valence-corrected chi connectivity index (χ1v) is 8.14. The quantitative estimate of drug-likeness (QED) is 0.713. The maximum Gasteiger partial charge on any atom is 0.251 e. The van der Waals surface area contributed by atoms with Crippen molar-refractivity contribution in [2.45, 2.75) is 6.61 Å². The van der Waals surface area contributed by atoms with Gasteiger partial charge in [0.2, 0.25) is 0 Å². The molecule has 0 unspecified atom stereocenters. The van der Waals surface area contributed by atoms with E-state index in [4.69, 9.17) is 23.2 Å². The summed E-state index contributed by atoms with van der Waals surface area (Å²) in [5.74, 6) is -0.244. The van der Waals surface area contributed by atoms with E-state index in [1.807, 2.05) is 24.3 Å². The van der Waals surface area contributed by atoms with E-state index in [-0.39, 0.29) is 12.5 Å². The second-order valence-corrected chi connectivity index (χ2v) is 6.26. The van der Waals surface area contributed by atoms with Crippen LogP contribution >= 0.6 is 23.2 Å². The van der Waals surface area contributed by atoms with Gasteiger partial charge in [0.1, 0.15) is 0 Å². The van der Waals surface area contributed by atoms with Crippen LogP contribution in [0.5, 0.6) is 0 Å². The van der Waals surface area contributed by atoms with E-state index in [1.165, 1.54) is 0 Å². The lowest BCUT2D eigenvalue weighted by Gasteiger charge is -2.17. The molecule has 0 fully saturated rings. The zero-order valence-corrected chi connectivity index (χ0v) is 14.4. The molecule has 3 aromatic rings. The van der Waals surface area contributed by atoms with E-state index in [0.717, 1.165) is 21.9 Å². The topological polar surface area (TPSA) is 49.3 Å². The zero-order valence-electron chi connectivity index (χ0n) is 12.9. The second-order valence-electron chi connectivity index (χ2n) is 5.39. The van der Waals surface area contributed by atoms with Gasteiger partial charge >= 0.3 is 0 Å². The molecule has 0 saturated carbocycles. The van der Waals surface area contributed by atoms with E-state index < -0.39 is 0 Å². The molecule has 0 saturated heterocycles. The van der Waals surface area contributed by atoms with E-state index in [1.54, 1.807) is 31.3 Å². The molecule has 24 heavy (non-hydrogen) atoms. The predicted molar refractivity (Wildman–Crippen MR) is 98.7 cm³/mol. The first kappa shape index (κ1) is 16.8. The molecule has 3 rings (SSSR count). The van der Waals surface area contributed by atoms with Crippen molar-refractivity contribution >= 4 is 39.9 Å². The maximum absolute atomic E-state index is 12.3. The minimum absolute atomic E-state index is 0.244. The summed E-state index contributed by atoms with van der Waals surface area (Å²) in [5, 5.41) is 15.5. The van der Waals surface area contributed by atoms with Gasteiger partial charge in [-0.25, -0.2) is 0 Å². The standard InChI is InChI=1S/C19H15Cl2NO2/c1-22-19(24)16-8-12-4-7-14(21)9-15(12)18(17(16)10-23)11-2-5-13(20)6-3-11/h2-9,23H,10H2,1H3,(H,22,24). The molecule has 5 heteroatoms. The summed E-state index contributed by atoms with van der Waals surface area (Å²) in [6, 6.07) is 14.5. The van der Waals surface area contributed by atoms with E-state index in [2.05, 4.69) is 5.32 Å². The minimum atomic E-state index is -0.261. The van der Waals surface area contributed by atoms with Crippen molar-refractivity contribution in [3.8, 4) is 11.1 Å². The van der Waals surface area contributed by atoms with Crippen molar-refractivity contribution in [1.29, 1.82) is 0 Å². The number of carbonyl (C=O) groups is 1. The summed E-state index contributed by atoms with van der Waals surface area (Å²) in [4.78, 5) is 12.3.